The summed E-state index contributed by atoms with van der Waals surface area (Å²) in [5, 5.41) is 3.70. The Balaban J connectivity index is 1.27. The quantitative estimate of drug-likeness (QED) is 0.779. The lowest BCUT2D eigenvalue weighted by Gasteiger charge is -2.32. The Morgan fingerprint density at radius 2 is 1.56 bits per heavy atom. The van der Waals surface area contributed by atoms with Crippen molar-refractivity contribution in [1.29, 1.82) is 0 Å². The van der Waals surface area contributed by atoms with Gasteiger partial charge in [0.25, 0.3) is 0 Å². The van der Waals surface area contributed by atoms with Crippen molar-refractivity contribution >= 4 is 0 Å². The number of nitrogens with zero attached hydrogens (tertiary/aromatic N) is 1. The van der Waals surface area contributed by atoms with Gasteiger partial charge in [-0.15, -0.1) is 0 Å². The van der Waals surface area contributed by atoms with Crippen LogP contribution in [0.4, 0.5) is 0 Å². The molecule has 0 bridgehead atoms. The molecule has 3 rings (SSSR count). The van der Waals surface area contributed by atoms with Crippen molar-refractivity contribution in [1.82, 2.24) is 10.2 Å². The van der Waals surface area contributed by atoms with E-state index < -0.39 is 0 Å². The summed E-state index contributed by atoms with van der Waals surface area (Å²) in [6, 6.07) is 0.894. The van der Waals surface area contributed by atoms with Crippen LogP contribution in [0.25, 0.3) is 0 Å². The highest BCUT2D eigenvalue weighted by Crippen LogP contribution is 2.28. The molecule has 3 fully saturated rings. The van der Waals surface area contributed by atoms with Gasteiger partial charge in [-0.1, -0.05) is 25.7 Å². The molecular formula is C16H30N2. The Labute approximate surface area is 113 Å². The fraction of sp³-hybridized carbons (Fsp3) is 1.00. The summed E-state index contributed by atoms with van der Waals surface area (Å²) in [5.74, 6) is 2.03. The second-order valence-electron chi connectivity index (χ2n) is 6.91. The van der Waals surface area contributed by atoms with E-state index in [1.165, 1.54) is 84.0 Å². The molecule has 0 spiro atoms. The second-order valence-corrected chi connectivity index (χ2v) is 6.91. The minimum atomic E-state index is 0.894. The van der Waals surface area contributed by atoms with Gasteiger partial charge >= 0.3 is 0 Å². The van der Waals surface area contributed by atoms with Crippen molar-refractivity contribution in [2.75, 3.05) is 26.2 Å². The van der Waals surface area contributed by atoms with E-state index in [2.05, 4.69) is 10.2 Å². The molecule has 3 aliphatic rings. The molecule has 0 atom stereocenters. The van der Waals surface area contributed by atoms with Crippen LogP contribution in [0.1, 0.15) is 57.8 Å². The number of hydrogen-bond donors (Lipinski definition) is 1. The SMILES string of the molecule is C1CCC(CCN2CCC(CNC3CC3)CC2)C1. The highest BCUT2D eigenvalue weighted by atomic mass is 15.1. The van der Waals surface area contributed by atoms with Crippen LogP contribution in [0.3, 0.4) is 0 Å². The minimum Gasteiger partial charge on any atom is -0.314 e. The second kappa shape index (κ2) is 6.38. The zero-order chi connectivity index (χ0) is 12.2. The lowest BCUT2D eigenvalue weighted by atomic mass is 9.96. The van der Waals surface area contributed by atoms with E-state index in [0.717, 1.165) is 17.9 Å². The van der Waals surface area contributed by atoms with Crippen molar-refractivity contribution in [3.8, 4) is 0 Å². The lowest BCUT2D eigenvalue weighted by molar-refractivity contribution is 0.172. The molecule has 0 aromatic carbocycles. The maximum Gasteiger partial charge on any atom is 0.00683 e. The molecule has 1 saturated heterocycles. The molecule has 1 heterocycles. The van der Waals surface area contributed by atoms with Gasteiger partial charge in [-0.25, -0.2) is 0 Å². The number of piperidine rings is 1. The molecule has 0 aromatic rings. The van der Waals surface area contributed by atoms with E-state index in [4.69, 9.17) is 0 Å². The van der Waals surface area contributed by atoms with Gasteiger partial charge in [0.2, 0.25) is 0 Å². The van der Waals surface area contributed by atoms with Crippen molar-refractivity contribution in [3.05, 3.63) is 0 Å². The van der Waals surface area contributed by atoms with Crippen LogP contribution in [0.5, 0.6) is 0 Å². The van der Waals surface area contributed by atoms with E-state index in [1.54, 1.807) is 0 Å². The van der Waals surface area contributed by atoms with Crippen LogP contribution in [0, 0.1) is 11.8 Å². The maximum absolute atomic E-state index is 3.70. The zero-order valence-corrected chi connectivity index (χ0v) is 11.9. The number of rotatable bonds is 6. The van der Waals surface area contributed by atoms with Gasteiger partial charge in [-0.05, 0) is 70.1 Å². The molecule has 0 radical (unpaired) electrons. The van der Waals surface area contributed by atoms with Crippen LogP contribution >= 0.6 is 0 Å². The average Bonchev–Trinajstić information content (AvgIpc) is 3.09. The summed E-state index contributed by atoms with van der Waals surface area (Å²) in [6.07, 6.45) is 13.2. The van der Waals surface area contributed by atoms with E-state index in [9.17, 15) is 0 Å². The topological polar surface area (TPSA) is 15.3 Å². The van der Waals surface area contributed by atoms with Crippen LogP contribution in [-0.4, -0.2) is 37.1 Å². The standard InChI is InChI=1S/C16H30N2/c1-2-4-14(3-1)7-10-18-11-8-15(9-12-18)13-17-16-5-6-16/h14-17H,1-13H2. The van der Waals surface area contributed by atoms with E-state index >= 15 is 0 Å². The van der Waals surface area contributed by atoms with Crippen LogP contribution < -0.4 is 5.32 Å². The summed E-state index contributed by atoms with van der Waals surface area (Å²) in [7, 11) is 0. The van der Waals surface area contributed by atoms with Gasteiger partial charge in [-0.3, -0.25) is 0 Å². The van der Waals surface area contributed by atoms with Gasteiger partial charge in [0.1, 0.15) is 0 Å². The third-order valence-electron chi connectivity index (χ3n) is 5.31. The smallest absolute Gasteiger partial charge is 0.00683 e. The lowest BCUT2D eigenvalue weighted by Crippen LogP contribution is -2.38. The van der Waals surface area contributed by atoms with Crippen molar-refractivity contribution in [3.63, 3.8) is 0 Å². The zero-order valence-electron chi connectivity index (χ0n) is 11.9. The average molecular weight is 250 g/mol. The molecule has 2 saturated carbocycles. The summed E-state index contributed by atoms with van der Waals surface area (Å²) >= 11 is 0. The van der Waals surface area contributed by atoms with Gasteiger partial charge < -0.3 is 10.2 Å². The predicted octanol–water partition coefficient (Wildman–Crippen LogP) is 3.03. The van der Waals surface area contributed by atoms with Crippen molar-refractivity contribution in [2.45, 2.75) is 63.8 Å². The molecule has 1 N–H and O–H groups in total. The van der Waals surface area contributed by atoms with Gasteiger partial charge in [0.15, 0.2) is 0 Å². The van der Waals surface area contributed by atoms with Crippen LogP contribution in [-0.2, 0) is 0 Å². The summed E-state index contributed by atoms with van der Waals surface area (Å²) in [5.41, 5.74) is 0. The Hall–Kier alpha value is -0.0800. The minimum absolute atomic E-state index is 0.894. The first-order chi connectivity index (χ1) is 8.90. The molecular weight excluding hydrogens is 220 g/mol. The molecule has 2 heteroatoms. The van der Waals surface area contributed by atoms with Crippen LogP contribution in [0.15, 0.2) is 0 Å². The number of likely N-dealkylation sites (tertiary alicyclic amines) is 1. The van der Waals surface area contributed by atoms with Gasteiger partial charge in [0.05, 0.1) is 0 Å². The molecule has 104 valence electrons. The highest BCUT2D eigenvalue weighted by molar-refractivity contribution is 4.83. The molecule has 0 aromatic heterocycles. The van der Waals surface area contributed by atoms with Crippen LogP contribution in [0.2, 0.25) is 0 Å². The molecule has 0 amide bonds. The molecule has 18 heavy (non-hydrogen) atoms. The third-order valence-corrected chi connectivity index (χ3v) is 5.31. The third kappa shape index (κ3) is 3.96. The highest BCUT2D eigenvalue weighted by Gasteiger charge is 2.24. The number of nitrogens with one attached hydrogen (secondary N) is 1. The Bertz CT molecular complexity index is 235. The Kier molecular flexibility index (Phi) is 4.58. The molecule has 2 nitrogen and oxygen atoms in total. The molecule has 0 unspecified atom stereocenters. The fourth-order valence-electron chi connectivity index (χ4n) is 3.70. The first-order valence-corrected chi connectivity index (χ1v) is 8.36. The summed E-state index contributed by atoms with van der Waals surface area (Å²) < 4.78 is 0. The largest absolute Gasteiger partial charge is 0.314 e. The predicted molar refractivity (Wildman–Crippen MR) is 76.8 cm³/mol. The van der Waals surface area contributed by atoms with Gasteiger partial charge in [0, 0.05) is 6.04 Å². The number of hydrogen-bond acceptors (Lipinski definition) is 2. The van der Waals surface area contributed by atoms with E-state index in [-0.39, 0.29) is 0 Å². The summed E-state index contributed by atoms with van der Waals surface area (Å²) in [4.78, 5) is 2.73. The first-order valence-electron chi connectivity index (χ1n) is 8.36. The molecule has 2 aliphatic carbocycles. The van der Waals surface area contributed by atoms with E-state index in [1.807, 2.05) is 0 Å². The van der Waals surface area contributed by atoms with E-state index in [0.29, 0.717) is 0 Å². The monoisotopic (exact) mass is 250 g/mol. The molecule has 1 aliphatic heterocycles. The summed E-state index contributed by atoms with van der Waals surface area (Å²) in [6.45, 7) is 5.40. The van der Waals surface area contributed by atoms with Crippen molar-refractivity contribution in [2.24, 2.45) is 11.8 Å². The van der Waals surface area contributed by atoms with Crippen molar-refractivity contribution < 1.29 is 0 Å². The first kappa shape index (κ1) is 12.9. The maximum atomic E-state index is 3.70. The fourth-order valence-corrected chi connectivity index (χ4v) is 3.70. The Morgan fingerprint density at radius 1 is 0.833 bits per heavy atom. The Morgan fingerprint density at radius 3 is 2.22 bits per heavy atom. The van der Waals surface area contributed by atoms with Gasteiger partial charge in [-0.2, -0.15) is 0 Å². The normalized spacial score (nSPS) is 28.0.